The summed E-state index contributed by atoms with van der Waals surface area (Å²) in [4.78, 5) is 24.0. The highest BCUT2D eigenvalue weighted by Crippen LogP contribution is 2.29. The third-order valence-corrected chi connectivity index (χ3v) is 3.68. The smallest absolute Gasteiger partial charge is 0.314 e. The van der Waals surface area contributed by atoms with Crippen LogP contribution < -0.4 is 20.1 Å². The molecule has 2 aromatic carbocycles. The molecule has 0 spiro atoms. The molecule has 2 aromatic rings. The van der Waals surface area contributed by atoms with Gasteiger partial charge in [0.1, 0.15) is 11.5 Å². The molecule has 0 unspecified atom stereocenters. The van der Waals surface area contributed by atoms with E-state index in [1.165, 1.54) is 14.2 Å². The first kappa shape index (κ1) is 16.8. The number of amides is 2. The van der Waals surface area contributed by atoms with Gasteiger partial charge in [-0.1, -0.05) is 12.1 Å². The van der Waals surface area contributed by atoms with Gasteiger partial charge >= 0.3 is 11.8 Å². The Bertz CT molecular complexity index is 734. The van der Waals surface area contributed by atoms with Gasteiger partial charge in [0.05, 0.1) is 25.6 Å². The minimum atomic E-state index is -0.802. The molecule has 0 heterocycles. The Balaban J connectivity index is 2.10. The molecule has 7 heteroatoms. The summed E-state index contributed by atoms with van der Waals surface area (Å²) in [6, 6.07) is 11.9. The summed E-state index contributed by atoms with van der Waals surface area (Å²) in [6.07, 6.45) is 0. The van der Waals surface area contributed by atoms with E-state index < -0.39 is 11.8 Å². The first-order valence-corrected chi connectivity index (χ1v) is 7.43. The summed E-state index contributed by atoms with van der Waals surface area (Å²) in [7, 11) is 2.99. The van der Waals surface area contributed by atoms with Crippen molar-refractivity contribution in [2.45, 2.75) is 0 Å². The van der Waals surface area contributed by atoms with Gasteiger partial charge in [-0.15, -0.1) is 0 Å². The molecule has 0 aromatic heterocycles. The van der Waals surface area contributed by atoms with Crippen LogP contribution in [0, 0.1) is 0 Å². The molecule has 0 atom stereocenters. The van der Waals surface area contributed by atoms with E-state index in [1.807, 2.05) is 6.07 Å². The summed E-state index contributed by atoms with van der Waals surface area (Å²) in [5, 5.41) is 5.03. The lowest BCUT2D eigenvalue weighted by Crippen LogP contribution is -2.29. The monoisotopic (exact) mass is 378 g/mol. The minimum absolute atomic E-state index is 0.376. The Morgan fingerprint density at radius 1 is 0.913 bits per heavy atom. The van der Waals surface area contributed by atoms with Crippen LogP contribution in [0.15, 0.2) is 46.9 Å². The lowest BCUT2D eigenvalue weighted by atomic mass is 10.2. The standard InChI is InChI=1S/C16H15BrN2O4/c1-22-10-7-8-13(14(9-10)23-2)19-16(21)15(20)18-12-6-4-3-5-11(12)17/h3-9H,1-2H3,(H,18,20)(H,19,21). The van der Waals surface area contributed by atoms with E-state index in [0.29, 0.717) is 27.3 Å². The summed E-state index contributed by atoms with van der Waals surface area (Å²) in [5.74, 6) is -0.608. The fourth-order valence-corrected chi connectivity index (χ4v) is 2.21. The Morgan fingerprint density at radius 2 is 1.57 bits per heavy atom. The van der Waals surface area contributed by atoms with E-state index in [0.717, 1.165) is 0 Å². The fourth-order valence-electron chi connectivity index (χ4n) is 1.82. The maximum absolute atomic E-state index is 12.0. The van der Waals surface area contributed by atoms with Gasteiger partial charge in [-0.3, -0.25) is 9.59 Å². The molecule has 0 saturated heterocycles. The van der Waals surface area contributed by atoms with Gasteiger partial charge in [-0.2, -0.15) is 0 Å². The first-order valence-electron chi connectivity index (χ1n) is 6.64. The van der Waals surface area contributed by atoms with Gasteiger partial charge in [-0.25, -0.2) is 0 Å². The number of nitrogens with one attached hydrogen (secondary N) is 2. The number of para-hydroxylation sites is 1. The van der Waals surface area contributed by atoms with E-state index in [4.69, 9.17) is 9.47 Å². The van der Waals surface area contributed by atoms with E-state index in [1.54, 1.807) is 36.4 Å². The van der Waals surface area contributed by atoms with Gasteiger partial charge < -0.3 is 20.1 Å². The van der Waals surface area contributed by atoms with Gasteiger partial charge in [0.15, 0.2) is 0 Å². The van der Waals surface area contributed by atoms with Crippen LogP contribution in [0.3, 0.4) is 0 Å². The molecule has 0 aliphatic rings. The van der Waals surface area contributed by atoms with Crippen molar-refractivity contribution >= 4 is 39.1 Å². The first-order chi connectivity index (χ1) is 11.0. The summed E-state index contributed by atoms with van der Waals surface area (Å²) in [5.41, 5.74) is 0.884. The van der Waals surface area contributed by atoms with E-state index in [9.17, 15) is 9.59 Å². The molecule has 23 heavy (non-hydrogen) atoms. The Labute approximate surface area is 141 Å². The SMILES string of the molecule is COc1ccc(NC(=O)C(=O)Nc2ccccc2Br)c(OC)c1. The number of ether oxygens (including phenoxy) is 2. The molecular weight excluding hydrogens is 364 g/mol. The second-order valence-corrected chi connectivity index (χ2v) is 5.31. The molecule has 0 aliphatic carbocycles. The highest BCUT2D eigenvalue weighted by atomic mass is 79.9. The zero-order chi connectivity index (χ0) is 16.8. The molecule has 0 bridgehead atoms. The second-order valence-electron chi connectivity index (χ2n) is 4.45. The number of hydrogen-bond donors (Lipinski definition) is 2. The molecule has 0 radical (unpaired) electrons. The Morgan fingerprint density at radius 3 is 2.17 bits per heavy atom. The van der Waals surface area contributed by atoms with Crippen LogP contribution in [0.1, 0.15) is 0 Å². The third-order valence-electron chi connectivity index (χ3n) is 2.99. The van der Waals surface area contributed by atoms with Gasteiger partial charge in [0.2, 0.25) is 0 Å². The number of benzene rings is 2. The van der Waals surface area contributed by atoms with Crippen LogP contribution >= 0.6 is 15.9 Å². The molecular formula is C16H15BrN2O4. The van der Waals surface area contributed by atoms with Crippen molar-refractivity contribution in [3.8, 4) is 11.5 Å². The Hall–Kier alpha value is -2.54. The summed E-state index contributed by atoms with van der Waals surface area (Å²) < 4.78 is 10.9. The normalized spacial score (nSPS) is 9.87. The van der Waals surface area contributed by atoms with E-state index in [2.05, 4.69) is 26.6 Å². The van der Waals surface area contributed by atoms with Crippen molar-refractivity contribution < 1.29 is 19.1 Å². The third kappa shape index (κ3) is 4.23. The molecule has 0 saturated carbocycles. The fraction of sp³-hybridized carbons (Fsp3) is 0.125. The number of methoxy groups -OCH3 is 2. The number of hydrogen-bond acceptors (Lipinski definition) is 4. The van der Waals surface area contributed by atoms with E-state index >= 15 is 0 Å². The van der Waals surface area contributed by atoms with Gasteiger partial charge in [0.25, 0.3) is 0 Å². The van der Waals surface area contributed by atoms with Crippen molar-refractivity contribution in [1.29, 1.82) is 0 Å². The van der Waals surface area contributed by atoms with Gasteiger partial charge in [0, 0.05) is 10.5 Å². The van der Waals surface area contributed by atoms with Crippen LogP contribution in [0.25, 0.3) is 0 Å². The lowest BCUT2D eigenvalue weighted by molar-refractivity contribution is -0.133. The predicted molar refractivity (Wildman–Crippen MR) is 90.9 cm³/mol. The molecule has 120 valence electrons. The highest BCUT2D eigenvalue weighted by molar-refractivity contribution is 9.10. The molecule has 6 nitrogen and oxygen atoms in total. The minimum Gasteiger partial charge on any atom is -0.497 e. The molecule has 2 N–H and O–H groups in total. The molecule has 2 amide bonds. The van der Waals surface area contributed by atoms with Crippen molar-refractivity contribution in [1.82, 2.24) is 0 Å². The van der Waals surface area contributed by atoms with E-state index in [-0.39, 0.29) is 0 Å². The average molecular weight is 379 g/mol. The topological polar surface area (TPSA) is 76.7 Å². The summed E-state index contributed by atoms with van der Waals surface area (Å²) >= 11 is 3.30. The zero-order valence-electron chi connectivity index (χ0n) is 12.6. The van der Waals surface area contributed by atoms with Crippen LogP contribution in [0.2, 0.25) is 0 Å². The number of carbonyl (C=O) groups is 2. The van der Waals surface area contributed by atoms with Crippen molar-refractivity contribution in [2.75, 3.05) is 24.9 Å². The quantitative estimate of drug-likeness (QED) is 0.801. The van der Waals surface area contributed by atoms with Crippen molar-refractivity contribution in [2.24, 2.45) is 0 Å². The van der Waals surface area contributed by atoms with Crippen LogP contribution in [-0.4, -0.2) is 26.0 Å². The number of rotatable bonds is 4. The van der Waals surface area contributed by atoms with Crippen molar-refractivity contribution in [3.05, 3.63) is 46.9 Å². The van der Waals surface area contributed by atoms with Crippen LogP contribution in [0.4, 0.5) is 11.4 Å². The number of anilines is 2. The van der Waals surface area contributed by atoms with Crippen molar-refractivity contribution in [3.63, 3.8) is 0 Å². The second kappa shape index (κ2) is 7.64. The highest BCUT2D eigenvalue weighted by Gasteiger charge is 2.17. The zero-order valence-corrected chi connectivity index (χ0v) is 14.1. The maximum atomic E-state index is 12.0. The summed E-state index contributed by atoms with van der Waals surface area (Å²) in [6.45, 7) is 0. The predicted octanol–water partition coefficient (Wildman–Crippen LogP) is 3.04. The molecule has 2 rings (SSSR count). The number of carbonyl (C=O) groups excluding carboxylic acids is 2. The van der Waals surface area contributed by atoms with Crippen LogP contribution in [0.5, 0.6) is 11.5 Å². The molecule has 0 aliphatic heterocycles. The van der Waals surface area contributed by atoms with Crippen LogP contribution in [-0.2, 0) is 9.59 Å². The molecule has 0 fully saturated rings. The lowest BCUT2D eigenvalue weighted by Gasteiger charge is -2.12. The Kier molecular flexibility index (Phi) is 5.59. The largest absolute Gasteiger partial charge is 0.497 e. The average Bonchev–Trinajstić information content (AvgIpc) is 2.57. The number of halogens is 1. The van der Waals surface area contributed by atoms with Gasteiger partial charge in [-0.05, 0) is 40.2 Å². The maximum Gasteiger partial charge on any atom is 0.314 e.